The van der Waals surface area contributed by atoms with E-state index >= 15 is 0 Å². The lowest BCUT2D eigenvalue weighted by molar-refractivity contribution is 0.771. The van der Waals surface area contributed by atoms with Gasteiger partial charge in [0.1, 0.15) is 5.82 Å². The molecular weight excluding hydrogens is 230 g/mol. The van der Waals surface area contributed by atoms with Crippen molar-refractivity contribution in [2.24, 2.45) is 0 Å². The van der Waals surface area contributed by atoms with Crippen LogP contribution in [0.2, 0.25) is 0 Å². The first-order valence-electron chi connectivity index (χ1n) is 4.48. The van der Waals surface area contributed by atoms with Crippen molar-refractivity contribution in [3.05, 3.63) is 18.3 Å². The number of hydrogen-bond acceptors (Lipinski definition) is 3. The Bertz CT molecular complexity index is 228. The summed E-state index contributed by atoms with van der Waals surface area (Å²) >= 11 is 3.57. The Morgan fingerprint density at radius 1 is 1.62 bits per heavy atom. The number of hydrogen-bond donors (Lipinski definition) is 1. The highest BCUT2D eigenvalue weighted by molar-refractivity contribution is 9.09. The van der Waals surface area contributed by atoms with Crippen LogP contribution in [0.5, 0.6) is 0 Å². The van der Waals surface area contributed by atoms with E-state index in [4.69, 9.17) is 0 Å². The molecule has 1 aromatic rings. The van der Waals surface area contributed by atoms with Gasteiger partial charge in [-0.1, -0.05) is 22.9 Å². The predicted octanol–water partition coefficient (Wildman–Crippen LogP) is 2.45. The molecule has 72 valence electrons. The molecule has 0 aromatic carbocycles. The van der Waals surface area contributed by atoms with E-state index in [1.54, 1.807) is 6.20 Å². The van der Waals surface area contributed by atoms with Crippen LogP contribution in [0.4, 0.5) is 5.82 Å². The zero-order chi connectivity index (χ0) is 9.52. The minimum Gasteiger partial charge on any atom is -0.369 e. The van der Waals surface area contributed by atoms with Gasteiger partial charge in [-0.05, 0) is 25.0 Å². The summed E-state index contributed by atoms with van der Waals surface area (Å²) in [6.45, 7) is 3.10. The highest BCUT2D eigenvalue weighted by Gasteiger charge is 1.99. The molecule has 1 unspecified atom stereocenters. The molecule has 3 nitrogen and oxygen atoms in total. The number of aromatic nitrogens is 2. The van der Waals surface area contributed by atoms with Crippen molar-refractivity contribution in [3.63, 3.8) is 0 Å². The van der Waals surface area contributed by atoms with Crippen molar-refractivity contribution < 1.29 is 0 Å². The second kappa shape index (κ2) is 5.91. The van der Waals surface area contributed by atoms with Gasteiger partial charge in [0, 0.05) is 17.6 Å². The molecular formula is C9H14BrN3. The van der Waals surface area contributed by atoms with E-state index in [0.717, 1.165) is 25.2 Å². The molecule has 13 heavy (non-hydrogen) atoms. The molecule has 0 radical (unpaired) electrons. The van der Waals surface area contributed by atoms with E-state index in [1.165, 1.54) is 0 Å². The quantitative estimate of drug-likeness (QED) is 0.808. The van der Waals surface area contributed by atoms with Crippen LogP contribution in [-0.4, -0.2) is 21.6 Å². The lowest BCUT2D eigenvalue weighted by Gasteiger charge is -2.07. The maximum absolute atomic E-state index is 3.92. The Morgan fingerprint density at radius 3 is 3.08 bits per heavy atom. The predicted molar refractivity (Wildman–Crippen MR) is 58.1 cm³/mol. The molecule has 0 fully saturated rings. The van der Waals surface area contributed by atoms with Gasteiger partial charge < -0.3 is 5.32 Å². The van der Waals surface area contributed by atoms with Gasteiger partial charge in [0.15, 0.2) is 0 Å². The van der Waals surface area contributed by atoms with Gasteiger partial charge in [-0.2, -0.15) is 5.10 Å². The van der Waals surface area contributed by atoms with Crippen molar-refractivity contribution in [1.29, 1.82) is 0 Å². The second-order valence-electron chi connectivity index (χ2n) is 2.83. The summed E-state index contributed by atoms with van der Waals surface area (Å²) < 4.78 is 0. The smallest absolute Gasteiger partial charge is 0.148 e. The normalized spacial score (nSPS) is 12.5. The maximum atomic E-state index is 3.92. The molecule has 1 aromatic heterocycles. The van der Waals surface area contributed by atoms with Crippen molar-refractivity contribution in [3.8, 4) is 0 Å². The molecule has 0 aliphatic heterocycles. The van der Waals surface area contributed by atoms with Crippen LogP contribution in [-0.2, 0) is 0 Å². The van der Waals surface area contributed by atoms with Crippen LogP contribution in [0.1, 0.15) is 19.8 Å². The zero-order valence-electron chi connectivity index (χ0n) is 7.70. The number of nitrogens with one attached hydrogen (secondary N) is 1. The monoisotopic (exact) mass is 243 g/mol. The third kappa shape index (κ3) is 4.22. The van der Waals surface area contributed by atoms with Gasteiger partial charge >= 0.3 is 0 Å². The van der Waals surface area contributed by atoms with E-state index in [0.29, 0.717) is 4.83 Å². The SMILES string of the molecule is CCC(Br)CCNc1cccnn1. The van der Waals surface area contributed by atoms with Crippen molar-refractivity contribution >= 4 is 21.7 Å². The van der Waals surface area contributed by atoms with Gasteiger partial charge in [-0.15, -0.1) is 5.10 Å². The summed E-state index contributed by atoms with van der Waals surface area (Å²) in [6, 6.07) is 3.79. The minimum atomic E-state index is 0.594. The van der Waals surface area contributed by atoms with E-state index in [2.05, 4.69) is 38.4 Å². The van der Waals surface area contributed by atoms with E-state index < -0.39 is 0 Å². The standard InChI is InChI=1S/C9H14BrN3/c1-2-8(10)5-7-11-9-4-3-6-12-13-9/h3-4,6,8H,2,5,7H2,1H3,(H,11,13). The number of nitrogens with zero attached hydrogens (tertiary/aromatic N) is 2. The van der Waals surface area contributed by atoms with E-state index in [1.807, 2.05) is 12.1 Å². The largest absolute Gasteiger partial charge is 0.369 e. The molecule has 0 aliphatic carbocycles. The fourth-order valence-electron chi connectivity index (χ4n) is 0.957. The maximum Gasteiger partial charge on any atom is 0.148 e. The summed E-state index contributed by atoms with van der Waals surface area (Å²) in [6.07, 6.45) is 3.93. The van der Waals surface area contributed by atoms with Gasteiger partial charge in [0.05, 0.1) is 0 Å². The van der Waals surface area contributed by atoms with Crippen molar-refractivity contribution in [1.82, 2.24) is 10.2 Å². The molecule has 0 saturated carbocycles. The highest BCUT2D eigenvalue weighted by Crippen LogP contribution is 2.09. The molecule has 0 aliphatic rings. The van der Waals surface area contributed by atoms with E-state index in [9.17, 15) is 0 Å². The average Bonchev–Trinajstić information content (AvgIpc) is 2.19. The summed E-state index contributed by atoms with van der Waals surface area (Å²) in [7, 11) is 0. The summed E-state index contributed by atoms with van der Waals surface area (Å²) in [5.74, 6) is 0.846. The number of anilines is 1. The molecule has 4 heteroatoms. The van der Waals surface area contributed by atoms with Gasteiger partial charge in [0.2, 0.25) is 0 Å². The lowest BCUT2D eigenvalue weighted by atomic mass is 10.2. The fourth-order valence-corrected chi connectivity index (χ4v) is 1.19. The lowest BCUT2D eigenvalue weighted by Crippen LogP contribution is -2.08. The van der Waals surface area contributed by atoms with Crippen LogP contribution in [0, 0.1) is 0 Å². The number of halogens is 1. The Balaban J connectivity index is 2.20. The van der Waals surface area contributed by atoms with E-state index in [-0.39, 0.29) is 0 Å². The third-order valence-corrected chi connectivity index (χ3v) is 2.88. The Hall–Kier alpha value is -0.640. The molecule has 1 atom stereocenters. The van der Waals surface area contributed by atoms with Crippen LogP contribution >= 0.6 is 15.9 Å². The molecule has 1 rings (SSSR count). The molecule has 0 spiro atoms. The molecule has 0 saturated heterocycles. The first-order chi connectivity index (χ1) is 6.33. The first-order valence-corrected chi connectivity index (χ1v) is 5.40. The summed E-state index contributed by atoms with van der Waals surface area (Å²) in [4.78, 5) is 0.594. The molecule has 0 amide bonds. The van der Waals surface area contributed by atoms with Crippen LogP contribution < -0.4 is 5.32 Å². The van der Waals surface area contributed by atoms with Crippen LogP contribution in [0.3, 0.4) is 0 Å². The van der Waals surface area contributed by atoms with Gasteiger partial charge in [0.25, 0.3) is 0 Å². The molecule has 1 N–H and O–H groups in total. The molecule has 1 heterocycles. The third-order valence-electron chi connectivity index (χ3n) is 1.78. The Labute approximate surface area is 87.1 Å². The highest BCUT2D eigenvalue weighted by atomic mass is 79.9. The zero-order valence-corrected chi connectivity index (χ0v) is 9.29. The number of rotatable bonds is 5. The topological polar surface area (TPSA) is 37.8 Å². The van der Waals surface area contributed by atoms with Crippen LogP contribution in [0.25, 0.3) is 0 Å². The minimum absolute atomic E-state index is 0.594. The van der Waals surface area contributed by atoms with Gasteiger partial charge in [-0.3, -0.25) is 0 Å². The second-order valence-corrected chi connectivity index (χ2v) is 4.12. The van der Waals surface area contributed by atoms with Crippen molar-refractivity contribution in [2.45, 2.75) is 24.6 Å². The fraction of sp³-hybridized carbons (Fsp3) is 0.556. The summed E-state index contributed by atoms with van der Waals surface area (Å²) in [5.41, 5.74) is 0. The van der Waals surface area contributed by atoms with Crippen LogP contribution in [0.15, 0.2) is 18.3 Å². The average molecular weight is 244 g/mol. The Morgan fingerprint density at radius 2 is 2.46 bits per heavy atom. The summed E-state index contributed by atoms with van der Waals surface area (Å²) in [5, 5.41) is 10.9. The Kier molecular flexibility index (Phi) is 4.75. The van der Waals surface area contributed by atoms with Gasteiger partial charge in [-0.25, -0.2) is 0 Å². The number of alkyl halides is 1. The first kappa shape index (κ1) is 10.4. The molecule has 0 bridgehead atoms. The van der Waals surface area contributed by atoms with Crippen molar-refractivity contribution in [2.75, 3.05) is 11.9 Å².